The second-order valence-electron chi connectivity index (χ2n) is 7.48. The largest absolute Gasteiger partial charge is 0.357 e. The van der Waals surface area contributed by atoms with E-state index < -0.39 is 0 Å². The molecule has 2 N–H and O–H groups in total. The summed E-state index contributed by atoms with van der Waals surface area (Å²) in [6.07, 6.45) is 5.64. The number of nitrogens with one attached hydrogen (secondary N) is 2. The van der Waals surface area contributed by atoms with Crippen molar-refractivity contribution < 1.29 is 0 Å². The van der Waals surface area contributed by atoms with Crippen LogP contribution in [0.25, 0.3) is 10.9 Å². The van der Waals surface area contributed by atoms with Gasteiger partial charge in [0, 0.05) is 24.0 Å². The Morgan fingerprint density at radius 1 is 1.17 bits per heavy atom. The Bertz CT molecular complexity index is 1170. The minimum absolute atomic E-state index is 0.263. The average Bonchev–Trinajstić information content (AvgIpc) is 3.41. The number of fused-ring (bicyclic) bond motifs is 1. The van der Waals surface area contributed by atoms with Crippen molar-refractivity contribution in [3.05, 3.63) is 78.0 Å². The number of hydrogen-bond acceptors (Lipinski definition) is 6. The summed E-state index contributed by atoms with van der Waals surface area (Å²) in [6.45, 7) is 1.91. The third kappa shape index (κ3) is 3.73. The molecule has 148 valence electrons. The minimum atomic E-state index is 0.263. The Morgan fingerprint density at radius 2 is 2.10 bits per heavy atom. The number of aromatic amines is 1. The molecule has 5 rings (SSSR count). The monoisotopic (exact) mass is 395 g/mol. The van der Waals surface area contributed by atoms with Gasteiger partial charge in [-0.15, -0.1) is 0 Å². The molecule has 0 radical (unpaired) electrons. The number of aromatic nitrogens is 4. The van der Waals surface area contributed by atoms with Gasteiger partial charge < -0.3 is 10.3 Å². The molecule has 0 amide bonds. The van der Waals surface area contributed by atoms with Gasteiger partial charge in [-0.3, -0.25) is 4.90 Å². The highest BCUT2D eigenvalue weighted by Gasteiger charge is 2.27. The van der Waals surface area contributed by atoms with Crippen molar-refractivity contribution in [2.75, 3.05) is 11.9 Å². The summed E-state index contributed by atoms with van der Waals surface area (Å²) in [5.41, 5.74) is 4.55. The summed E-state index contributed by atoms with van der Waals surface area (Å²) >= 11 is 0. The molecule has 0 bridgehead atoms. The number of nitrogens with zero attached hydrogens (tertiary/aromatic N) is 5. The molecule has 1 saturated heterocycles. The van der Waals surface area contributed by atoms with E-state index in [9.17, 15) is 0 Å². The predicted molar refractivity (Wildman–Crippen MR) is 115 cm³/mol. The molecule has 0 aliphatic carbocycles. The van der Waals surface area contributed by atoms with Crippen LogP contribution in [0.4, 0.5) is 11.6 Å². The summed E-state index contributed by atoms with van der Waals surface area (Å²) in [6, 6.07) is 18.4. The fourth-order valence-electron chi connectivity index (χ4n) is 4.07. The van der Waals surface area contributed by atoms with Gasteiger partial charge in [0.1, 0.15) is 11.8 Å². The molecule has 1 aliphatic rings. The number of benzene rings is 1. The van der Waals surface area contributed by atoms with Crippen LogP contribution in [0.3, 0.4) is 0 Å². The number of pyridine rings is 1. The van der Waals surface area contributed by atoms with Gasteiger partial charge >= 0.3 is 0 Å². The van der Waals surface area contributed by atoms with Crippen LogP contribution in [0.5, 0.6) is 0 Å². The van der Waals surface area contributed by atoms with Crippen molar-refractivity contribution in [3.8, 4) is 6.07 Å². The number of rotatable bonds is 5. The molecule has 30 heavy (non-hydrogen) atoms. The molecule has 1 aromatic carbocycles. The van der Waals surface area contributed by atoms with Crippen LogP contribution in [0.15, 0.2) is 60.9 Å². The zero-order valence-electron chi connectivity index (χ0n) is 16.4. The van der Waals surface area contributed by atoms with Crippen LogP contribution in [0.1, 0.15) is 36.0 Å². The maximum absolute atomic E-state index is 8.88. The fourth-order valence-corrected chi connectivity index (χ4v) is 4.07. The third-order valence-electron chi connectivity index (χ3n) is 5.48. The highest BCUT2D eigenvalue weighted by Crippen LogP contribution is 2.33. The molecule has 1 atom stereocenters. The van der Waals surface area contributed by atoms with E-state index in [4.69, 9.17) is 10.2 Å². The Balaban J connectivity index is 1.33. The third-order valence-corrected chi connectivity index (χ3v) is 5.48. The van der Waals surface area contributed by atoms with Gasteiger partial charge in [0.25, 0.3) is 0 Å². The van der Waals surface area contributed by atoms with Gasteiger partial charge in [0.05, 0.1) is 23.6 Å². The average molecular weight is 395 g/mol. The standard InChI is InChI=1S/C23H21N7/c24-13-17-7-8-18(14-26-17)28-23-25-10-9-21(29-23)22-6-3-11-30(22)15-19-12-16-4-1-2-5-20(16)27-19/h1-2,4-5,7-10,12,14,22,27H,3,6,11,15H2,(H,25,28,29)/t22-/m0/s1. The molecule has 1 fully saturated rings. The molecule has 3 aromatic heterocycles. The van der Waals surface area contributed by atoms with Crippen molar-refractivity contribution >= 4 is 22.5 Å². The lowest BCUT2D eigenvalue weighted by molar-refractivity contribution is 0.242. The number of likely N-dealkylation sites (tertiary alicyclic amines) is 1. The van der Waals surface area contributed by atoms with Crippen LogP contribution in [-0.4, -0.2) is 31.4 Å². The lowest BCUT2D eigenvalue weighted by Gasteiger charge is -2.23. The summed E-state index contributed by atoms with van der Waals surface area (Å²) in [4.78, 5) is 19.2. The lowest BCUT2D eigenvalue weighted by atomic mass is 10.1. The molecular formula is C23H21N7. The molecule has 4 heterocycles. The maximum Gasteiger partial charge on any atom is 0.227 e. The van der Waals surface area contributed by atoms with Crippen molar-refractivity contribution in [1.82, 2.24) is 24.8 Å². The Labute approximate surface area is 174 Å². The molecule has 7 heteroatoms. The van der Waals surface area contributed by atoms with Crippen LogP contribution in [-0.2, 0) is 6.54 Å². The quantitative estimate of drug-likeness (QED) is 0.523. The molecule has 0 spiro atoms. The highest BCUT2D eigenvalue weighted by molar-refractivity contribution is 5.80. The van der Waals surface area contributed by atoms with Crippen molar-refractivity contribution in [2.24, 2.45) is 0 Å². The predicted octanol–water partition coefficient (Wildman–Crippen LogP) is 4.31. The van der Waals surface area contributed by atoms with E-state index in [1.165, 1.54) is 16.6 Å². The molecular weight excluding hydrogens is 374 g/mol. The van der Waals surface area contributed by atoms with Crippen LogP contribution in [0.2, 0.25) is 0 Å². The topological polar surface area (TPSA) is 93.5 Å². The number of para-hydroxylation sites is 1. The fraction of sp³-hybridized carbons (Fsp3) is 0.217. The lowest BCUT2D eigenvalue weighted by Crippen LogP contribution is -2.23. The molecule has 7 nitrogen and oxygen atoms in total. The van der Waals surface area contributed by atoms with Gasteiger partial charge in [-0.05, 0) is 55.1 Å². The first-order chi connectivity index (χ1) is 14.8. The summed E-state index contributed by atoms with van der Waals surface area (Å²) in [5.74, 6) is 0.538. The number of H-pyrrole nitrogens is 1. The molecule has 0 unspecified atom stereocenters. The summed E-state index contributed by atoms with van der Waals surface area (Å²) in [7, 11) is 0. The van der Waals surface area contributed by atoms with E-state index in [0.717, 1.165) is 37.3 Å². The van der Waals surface area contributed by atoms with E-state index in [0.29, 0.717) is 11.6 Å². The smallest absolute Gasteiger partial charge is 0.227 e. The summed E-state index contributed by atoms with van der Waals surface area (Å²) in [5, 5.41) is 13.3. The molecule has 0 saturated carbocycles. The number of nitriles is 1. The van der Waals surface area contributed by atoms with Crippen LogP contribution < -0.4 is 5.32 Å². The highest BCUT2D eigenvalue weighted by atomic mass is 15.2. The Kier molecular flexibility index (Phi) is 4.83. The van der Waals surface area contributed by atoms with E-state index in [2.05, 4.69) is 55.5 Å². The van der Waals surface area contributed by atoms with E-state index >= 15 is 0 Å². The first-order valence-electron chi connectivity index (χ1n) is 10.1. The molecule has 4 aromatic rings. The SMILES string of the molecule is N#Cc1ccc(Nc2nccc([C@@H]3CCCN3Cc3cc4ccccc4[nH]3)n2)cn1. The van der Waals surface area contributed by atoms with Crippen molar-refractivity contribution in [2.45, 2.75) is 25.4 Å². The van der Waals surface area contributed by atoms with Gasteiger partial charge in [-0.2, -0.15) is 5.26 Å². The number of anilines is 2. The first kappa shape index (κ1) is 18.3. The molecule has 1 aliphatic heterocycles. The first-order valence-corrected chi connectivity index (χ1v) is 10.1. The number of hydrogen-bond donors (Lipinski definition) is 2. The zero-order valence-corrected chi connectivity index (χ0v) is 16.4. The Hall–Kier alpha value is -3.76. The maximum atomic E-state index is 8.88. The van der Waals surface area contributed by atoms with E-state index in [-0.39, 0.29) is 6.04 Å². The second kappa shape index (κ2) is 7.93. The van der Waals surface area contributed by atoms with Gasteiger partial charge in [0.2, 0.25) is 5.95 Å². The Morgan fingerprint density at radius 3 is 2.93 bits per heavy atom. The van der Waals surface area contributed by atoms with E-state index in [1.807, 2.05) is 12.1 Å². The van der Waals surface area contributed by atoms with Crippen LogP contribution in [0, 0.1) is 11.3 Å². The van der Waals surface area contributed by atoms with E-state index in [1.54, 1.807) is 24.5 Å². The normalized spacial score (nSPS) is 16.6. The van der Waals surface area contributed by atoms with Crippen molar-refractivity contribution in [1.29, 1.82) is 5.26 Å². The van der Waals surface area contributed by atoms with Gasteiger partial charge in [-0.25, -0.2) is 15.0 Å². The van der Waals surface area contributed by atoms with Crippen LogP contribution >= 0.6 is 0 Å². The second-order valence-corrected chi connectivity index (χ2v) is 7.48. The van der Waals surface area contributed by atoms with Gasteiger partial charge in [0.15, 0.2) is 0 Å². The zero-order chi connectivity index (χ0) is 20.3. The van der Waals surface area contributed by atoms with Gasteiger partial charge in [-0.1, -0.05) is 18.2 Å². The summed E-state index contributed by atoms with van der Waals surface area (Å²) < 4.78 is 0. The van der Waals surface area contributed by atoms with Crippen molar-refractivity contribution in [3.63, 3.8) is 0 Å². The minimum Gasteiger partial charge on any atom is -0.357 e.